The summed E-state index contributed by atoms with van der Waals surface area (Å²) in [6.45, 7) is 4.45. The summed E-state index contributed by atoms with van der Waals surface area (Å²) in [7, 11) is 0. The SMILES string of the molecule is C[C@@H](O)CN1CCCCC1CN. The van der Waals surface area contributed by atoms with E-state index < -0.39 is 0 Å². The van der Waals surface area contributed by atoms with Crippen molar-refractivity contribution in [3.8, 4) is 0 Å². The van der Waals surface area contributed by atoms with Crippen LogP contribution in [0.15, 0.2) is 0 Å². The highest BCUT2D eigenvalue weighted by Gasteiger charge is 2.21. The maximum absolute atomic E-state index is 9.24. The van der Waals surface area contributed by atoms with Crippen LogP contribution in [0.3, 0.4) is 0 Å². The van der Waals surface area contributed by atoms with Gasteiger partial charge in [-0.25, -0.2) is 0 Å². The average molecular weight is 172 g/mol. The minimum atomic E-state index is -0.225. The maximum atomic E-state index is 9.24. The molecule has 1 aliphatic rings. The molecule has 0 bridgehead atoms. The fraction of sp³-hybridized carbons (Fsp3) is 1.00. The molecule has 0 spiro atoms. The van der Waals surface area contributed by atoms with Gasteiger partial charge in [-0.15, -0.1) is 0 Å². The number of hydrogen-bond acceptors (Lipinski definition) is 3. The van der Waals surface area contributed by atoms with Gasteiger partial charge in [0.05, 0.1) is 6.10 Å². The first kappa shape index (κ1) is 9.96. The quantitative estimate of drug-likeness (QED) is 0.638. The summed E-state index contributed by atoms with van der Waals surface area (Å²) in [5.41, 5.74) is 5.65. The molecule has 0 radical (unpaired) electrons. The van der Waals surface area contributed by atoms with E-state index in [1.54, 1.807) is 0 Å². The van der Waals surface area contributed by atoms with E-state index >= 15 is 0 Å². The van der Waals surface area contributed by atoms with Crippen LogP contribution in [0.25, 0.3) is 0 Å². The monoisotopic (exact) mass is 172 g/mol. The highest BCUT2D eigenvalue weighted by molar-refractivity contribution is 4.78. The number of likely N-dealkylation sites (tertiary alicyclic amines) is 1. The van der Waals surface area contributed by atoms with E-state index in [4.69, 9.17) is 5.73 Å². The molecule has 0 aromatic heterocycles. The molecule has 0 amide bonds. The molecule has 1 rings (SSSR count). The Balaban J connectivity index is 2.36. The maximum Gasteiger partial charge on any atom is 0.0639 e. The van der Waals surface area contributed by atoms with Gasteiger partial charge in [0.25, 0.3) is 0 Å². The van der Waals surface area contributed by atoms with E-state index in [0.717, 1.165) is 19.6 Å². The van der Waals surface area contributed by atoms with Gasteiger partial charge in [-0.05, 0) is 26.3 Å². The highest BCUT2D eigenvalue weighted by atomic mass is 16.3. The fourth-order valence-corrected chi connectivity index (χ4v) is 1.91. The minimum absolute atomic E-state index is 0.225. The standard InChI is InChI=1S/C9H20N2O/c1-8(12)7-11-5-3-2-4-9(11)6-10/h8-9,12H,2-7,10H2,1H3/t8-,9?/m1/s1. The van der Waals surface area contributed by atoms with Crippen molar-refractivity contribution in [2.24, 2.45) is 5.73 Å². The Bertz CT molecular complexity index is 128. The van der Waals surface area contributed by atoms with E-state index in [9.17, 15) is 5.11 Å². The van der Waals surface area contributed by atoms with E-state index in [1.807, 2.05) is 6.92 Å². The number of aliphatic hydroxyl groups excluding tert-OH is 1. The van der Waals surface area contributed by atoms with Gasteiger partial charge < -0.3 is 10.8 Å². The number of rotatable bonds is 3. The summed E-state index contributed by atoms with van der Waals surface area (Å²) in [5.74, 6) is 0. The molecule has 2 atom stereocenters. The first-order valence-corrected chi connectivity index (χ1v) is 4.86. The molecule has 1 unspecified atom stereocenters. The van der Waals surface area contributed by atoms with E-state index in [0.29, 0.717) is 6.04 Å². The van der Waals surface area contributed by atoms with Crippen LogP contribution in [0.4, 0.5) is 0 Å². The number of nitrogens with zero attached hydrogens (tertiary/aromatic N) is 1. The molecular formula is C9H20N2O. The third kappa shape index (κ3) is 2.73. The third-order valence-electron chi connectivity index (χ3n) is 2.52. The zero-order chi connectivity index (χ0) is 8.97. The van der Waals surface area contributed by atoms with Gasteiger partial charge in [0.15, 0.2) is 0 Å². The second kappa shape index (κ2) is 4.80. The summed E-state index contributed by atoms with van der Waals surface area (Å²) < 4.78 is 0. The molecule has 0 aromatic rings. The van der Waals surface area contributed by atoms with Crippen LogP contribution in [0.2, 0.25) is 0 Å². The predicted octanol–water partition coefficient (Wildman–Crippen LogP) is 0.180. The highest BCUT2D eigenvalue weighted by Crippen LogP contribution is 2.15. The number of nitrogens with two attached hydrogens (primary N) is 1. The third-order valence-corrected chi connectivity index (χ3v) is 2.52. The Kier molecular flexibility index (Phi) is 3.98. The molecule has 1 aliphatic heterocycles. The predicted molar refractivity (Wildman–Crippen MR) is 49.9 cm³/mol. The molecular weight excluding hydrogens is 152 g/mol. The minimum Gasteiger partial charge on any atom is -0.392 e. The van der Waals surface area contributed by atoms with Crippen LogP contribution in [0.5, 0.6) is 0 Å². The topological polar surface area (TPSA) is 49.5 Å². The van der Waals surface area contributed by atoms with Crippen LogP contribution in [0.1, 0.15) is 26.2 Å². The lowest BCUT2D eigenvalue weighted by Gasteiger charge is -2.35. The van der Waals surface area contributed by atoms with Crippen molar-refractivity contribution in [2.75, 3.05) is 19.6 Å². The fourth-order valence-electron chi connectivity index (χ4n) is 1.91. The van der Waals surface area contributed by atoms with Gasteiger partial charge in [-0.1, -0.05) is 6.42 Å². The van der Waals surface area contributed by atoms with Gasteiger partial charge in [-0.3, -0.25) is 4.90 Å². The van der Waals surface area contributed by atoms with Crippen LogP contribution in [0, 0.1) is 0 Å². The Morgan fingerprint density at radius 1 is 1.58 bits per heavy atom. The number of β-amino-alcohol motifs (C(OH)–C–C–N with tert-alkyl or cyclic N) is 1. The largest absolute Gasteiger partial charge is 0.392 e. The van der Waals surface area contributed by atoms with Gasteiger partial charge in [0.2, 0.25) is 0 Å². The summed E-state index contributed by atoms with van der Waals surface area (Å²) in [6.07, 6.45) is 3.52. The average Bonchev–Trinajstić information content (AvgIpc) is 2.04. The molecule has 1 fully saturated rings. The van der Waals surface area contributed by atoms with Crippen molar-refractivity contribution in [2.45, 2.75) is 38.3 Å². The van der Waals surface area contributed by atoms with Crippen molar-refractivity contribution in [1.82, 2.24) is 4.90 Å². The normalized spacial score (nSPS) is 28.8. The van der Waals surface area contributed by atoms with Crippen LogP contribution >= 0.6 is 0 Å². The Labute approximate surface area is 74.5 Å². The smallest absolute Gasteiger partial charge is 0.0639 e. The number of hydrogen-bond donors (Lipinski definition) is 2. The Morgan fingerprint density at radius 2 is 2.33 bits per heavy atom. The van der Waals surface area contributed by atoms with Crippen LogP contribution in [-0.2, 0) is 0 Å². The summed E-state index contributed by atoms with van der Waals surface area (Å²) in [6, 6.07) is 0.508. The molecule has 1 saturated heterocycles. The van der Waals surface area contributed by atoms with Crippen LogP contribution in [-0.4, -0.2) is 41.8 Å². The van der Waals surface area contributed by atoms with E-state index in [1.165, 1.54) is 19.3 Å². The molecule has 0 aliphatic carbocycles. The lowest BCUT2D eigenvalue weighted by atomic mass is 10.0. The van der Waals surface area contributed by atoms with Gasteiger partial charge in [0.1, 0.15) is 0 Å². The second-order valence-electron chi connectivity index (χ2n) is 3.73. The van der Waals surface area contributed by atoms with Crippen LogP contribution < -0.4 is 5.73 Å². The molecule has 12 heavy (non-hydrogen) atoms. The van der Waals surface area contributed by atoms with Gasteiger partial charge in [-0.2, -0.15) is 0 Å². The molecule has 3 nitrogen and oxygen atoms in total. The zero-order valence-corrected chi connectivity index (χ0v) is 7.87. The second-order valence-corrected chi connectivity index (χ2v) is 3.73. The number of piperidine rings is 1. The number of aliphatic hydroxyl groups is 1. The molecule has 0 aromatic carbocycles. The van der Waals surface area contributed by atoms with Gasteiger partial charge >= 0.3 is 0 Å². The van der Waals surface area contributed by atoms with Gasteiger partial charge in [0, 0.05) is 19.1 Å². The zero-order valence-electron chi connectivity index (χ0n) is 7.87. The Morgan fingerprint density at radius 3 is 2.92 bits per heavy atom. The molecule has 3 N–H and O–H groups in total. The van der Waals surface area contributed by atoms with Crippen molar-refractivity contribution in [3.05, 3.63) is 0 Å². The molecule has 72 valence electrons. The summed E-state index contributed by atoms with van der Waals surface area (Å²) >= 11 is 0. The van der Waals surface area contributed by atoms with Crippen molar-refractivity contribution >= 4 is 0 Å². The first-order valence-electron chi connectivity index (χ1n) is 4.86. The molecule has 0 saturated carbocycles. The lowest BCUT2D eigenvalue weighted by molar-refractivity contribution is 0.0795. The van der Waals surface area contributed by atoms with Crippen molar-refractivity contribution in [1.29, 1.82) is 0 Å². The van der Waals surface area contributed by atoms with E-state index in [-0.39, 0.29) is 6.10 Å². The molecule has 1 heterocycles. The summed E-state index contributed by atoms with van der Waals surface area (Å²) in [5, 5.41) is 9.24. The van der Waals surface area contributed by atoms with Crippen molar-refractivity contribution in [3.63, 3.8) is 0 Å². The van der Waals surface area contributed by atoms with Crippen molar-refractivity contribution < 1.29 is 5.11 Å². The first-order chi connectivity index (χ1) is 5.74. The lowest BCUT2D eigenvalue weighted by Crippen LogP contribution is -2.46. The molecule has 3 heteroatoms. The Hall–Kier alpha value is -0.120. The van der Waals surface area contributed by atoms with E-state index in [2.05, 4.69) is 4.90 Å². The summed E-state index contributed by atoms with van der Waals surface area (Å²) in [4.78, 5) is 2.31.